The first-order chi connectivity index (χ1) is 15.8. The lowest BCUT2D eigenvalue weighted by Crippen LogP contribution is -2.18. The van der Waals surface area contributed by atoms with Crippen molar-refractivity contribution in [3.8, 4) is 0 Å². The SMILES string of the molecule is S=C(Nc1ccccc1)Nc1ccc2nc3c4ccccc4c4ccccc4c3nc2c1. The third-order valence-corrected chi connectivity index (χ3v) is 5.81. The highest BCUT2D eigenvalue weighted by Gasteiger charge is 2.12. The number of aromatic nitrogens is 2. The average molecular weight is 431 g/mol. The maximum atomic E-state index is 5.48. The van der Waals surface area contributed by atoms with Crippen molar-refractivity contribution in [2.75, 3.05) is 10.6 Å². The van der Waals surface area contributed by atoms with Crippen LogP contribution in [0.5, 0.6) is 0 Å². The molecule has 2 N–H and O–H groups in total. The highest BCUT2D eigenvalue weighted by Crippen LogP contribution is 2.34. The molecule has 6 rings (SSSR count). The van der Waals surface area contributed by atoms with Gasteiger partial charge in [0.25, 0.3) is 0 Å². The van der Waals surface area contributed by atoms with Crippen molar-refractivity contribution in [1.29, 1.82) is 0 Å². The highest BCUT2D eigenvalue weighted by molar-refractivity contribution is 7.80. The van der Waals surface area contributed by atoms with Crippen molar-refractivity contribution in [1.82, 2.24) is 9.97 Å². The van der Waals surface area contributed by atoms with Gasteiger partial charge in [0, 0.05) is 22.1 Å². The summed E-state index contributed by atoms with van der Waals surface area (Å²) in [5.74, 6) is 0. The van der Waals surface area contributed by atoms with E-state index in [9.17, 15) is 0 Å². The van der Waals surface area contributed by atoms with Gasteiger partial charge in [0.1, 0.15) is 0 Å². The molecule has 6 aromatic rings. The molecule has 0 aliphatic carbocycles. The van der Waals surface area contributed by atoms with E-state index in [4.69, 9.17) is 22.2 Å². The van der Waals surface area contributed by atoms with Crippen molar-refractivity contribution in [2.45, 2.75) is 0 Å². The van der Waals surface area contributed by atoms with Gasteiger partial charge in [-0.25, -0.2) is 9.97 Å². The van der Waals surface area contributed by atoms with Crippen LogP contribution < -0.4 is 10.6 Å². The van der Waals surface area contributed by atoms with Gasteiger partial charge in [-0.2, -0.15) is 0 Å². The number of benzene rings is 5. The van der Waals surface area contributed by atoms with Crippen LogP contribution in [-0.4, -0.2) is 15.1 Å². The van der Waals surface area contributed by atoms with E-state index in [0.717, 1.165) is 44.2 Å². The molecular formula is C27H18N4S. The minimum Gasteiger partial charge on any atom is -0.332 e. The van der Waals surface area contributed by atoms with E-state index in [1.54, 1.807) is 0 Å². The Morgan fingerprint density at radius 2 is 1.06 bits per heavy atom. The van der Waals surface area contributed by atoms with Crippen LogP contribution >= 0.6 is 12.2 Å². The van der Waals surface area contributed by atoms with Gasteiger partial charge in [0.2, 0.25) is 0 Å². The van der Waals surface area contributed by atoms with Crippen molar-refractivity contribution in [3.63, 3.8) is 0 Å². The topological polar surface area (TPSA) is 49.8 Å². The normalized spacial score (nSPS) is 11.2. The fraction of sp³-hybridized carbons (Fsp3) is 0. The van der Waals surface area contributed by atoms with Gasteiger partial charge in [-0.3, -0.25) is 0 Å². The van der Waals surface area contributed by atoms with E-state index in [0.29, 0.717) is 5.11 Å². The second kappa shape index (κ2) is 7.55. The maximum absolute atomic E-state index is 5.48. The molecule has 0 atom stereocenters. The Balaban J connectivity index is 1.47. The highest BCUT2D eigenvalue weighted by atomic mass is 32.1. The van der Waals surface area contributed by atoms with E-state index < -0.39 is 0 Å². The van der Waals surface area contributed by atoms with Gasteiger partial charge in [-0.1, -0.05) is 66.7 Å². The number of hydrogen-bond donors (Lipinski definition) is 2. The van der Waals surface area contributed by atoms with E-state index in [1.165, 1.54) is 10.8 Å². The zero-order chi connectivity index (χ0) is 21.5. The first-order valence-corrected chi connectivity index (χ1v) is 10.8. The summed E-state index contributed by atoms with van der Waals surface area (Å²) in [5, 5.41) is 11.6. The molecule has 0 radical (unpaired) electrons. The van der Waals surface area contributed by atoms with E-state index in [1.807, 2.05) is 54.6 Å². The molecule has 0 saturated carbocycles. The minimum absolute atomic E-state index is 0.528. The van der Waals surface area contributed by atoms with E-state index in [2.05, 4.69) is 53.1 Å². The van der Waals surface area contributed by atoms with E-state index >= 15 is 0 Å². The maximum Gasteiger partial charge on any atom is 0.175 e. The lowest BCUT2D eigenvalue weighted by atomic mass is 9.99. The quantitative estimate of drug-likeness (QED) is 0.178. The van der Waals surface area contributed by atoms with Crippen molar-refractivity contribution < 1.29 is 0 Å². The number of anilines is 2. The zero-order valence-electron chi connectivity index (χ0n) is 17.0. The van der Waals surface area contributed by atoms with E-state index in [-0.39, 0.29) is 0 Å². The lowest BCUT2D eigenvalue weighted by molar-refractivity contribution is 1.41. The molecule has 0 bridgehead atoms. The third kappa shape index (κ3) is 3.20. The van der Waals surface area contributed by atoms with Crippen LogP contribution in [0, 0.1) is 0 Å². The van der Waals surface area contributed by atoms with Crippen LogP contribution in [0.4, 0.5) is 11.4 Å². The van der Waals surface area contributed by atoms with Crippen LogP contribution in [-0.2, 0) is 0 Å². The minimum atomic E-state index is 0.528. The number of rotatable bonds is 2. The second-order valence-electron chi connectivity index (χ2n) is 7.66. The van der Waals surface area contributed by atoms with Crippen LogP contribution in [0.1, 0.15) is 0 Å². The van der Waals surface area contributed by atoms with Gasteiger partial charge in [-0.05, 0) is 53.3 Å². The molecule has 0 aliphatic rings. The van der Waals surface area contributed by atoms with Gasteiger partial charge >= 0.3 is 0 Å². The molecular weight excluding hydrogens is 412 g/mol. The number of hydrogen-bond acceptors (Lipinski definition) is 3. The Bertz CT molecular complexity index is 1640. The molecule has 5 heteroatoms. The fourth-order valence-electron chi connectivity index (χ4n) is 4.17. The van der Waals surface area contributed by atoms with Gasteiger partial charge in [0.15, 0.2) is 5.11 Å². The second-order valence-corrected chi connectivity index (χ2v) is 8.07. The molecule has 4 nitrogen and oxygen atoms in total. The summed E-state index contributed by atoms with van der Waals surface area (Å²) in [4.78, 5) is 10.0. The van der Waals surface area contributed by atoms with Crippen LogP contribution in [0.25, 0.3) is 43.6 Å². The summed E-state index contributed by atoms with van der Waals surface area (Å²) in [7, 11) is 0. The number of fused-ring (bicyclic) bond motifs is 7. The monoisotopic (exact) mass is 430 g/mol. The van der Waals surface area contributed by atoms with Crippen molar-refractivity contribution in [3.05, 3.63) is 97.1 Å². The predicted molar refractivity (Wildman–Crippen MR) is 138 cm³/mol. The zero-order valence-corrected chi connectivity index (χ0v) is 17.9. The molecule has 0 amide bonds. The fourth-order valence-corrected chi connectivity index (χ4v) is 4.41. The molecule has 32 heavy (non-hydrogen) atoms. The summed E-state index contributed by atoms with van der Waals surface area (Å²) in [6, 6.07) is 32.6. The smallest absolute Gasteiger partial charge is 0.175 e. The lowest BCUT2D eigenvalue weighted by Gasteiger charge is -2.12. The Morgan fingerprint density at radius 1 is 0.531 bits per heavy atom. The Labute approximate surface area is 189 Å². The summed E-state index contributed by atoms with van der Waals surface area (Å²) in [6.07, 6.45) is 0. The molecule has 1 heterocycles. The van der Waals surface area contributed by atoms with Gasteiger partial charge in [-0.15, -0.1) is 0 Å². The Kier molecular flexibility index (Phi) is 4.40. The molecule has 1 aromatic heterocycles. The number of nitrogens with zero attached hydrogens (tertiary/aromatic N) is 2. The molecule has 0 unspecified atom stereocenters. The molecule has 152 valence electrons. The summed E-state index contributed by atoms with van der Waals surface area (Å²) < 4.78 is 0. The summed E-state index contributed by atoms with van der Waals surface area (Å²) >= 11 is 5.48. The standard InChI is InChI=1S/C27H18N4S/c32-27(28-17-8-2-1-3-9-17)29-18-14-15-23-24(16-18)31-26-22-13-7-5-11-20(22)19-10-4-6-12-21(19)25(26)30-23/h1-16H,(H2,28,29,32). The molecule has 0 saturated heterocycles. The van der Waals surface area contributed by atoms with Crippen LogP contribution in [0.15, 0.2) is 97.1 Å². The number of thiocarbonyl (C=S) groups is 1. The van der Waals surface area contributed by atoms with Gasteiger partial charge < -0.3 is 10.6 Å². The molecule has 5 aromatic carbocycles. The largest absolute Gasteiger partial charge is 0.332 e. The Morgan fingerprint density at radius 3 is 1.72 bits per heavy atom. The predicted octanol–water partition coefficient (Wildman–Crippen LogP) is 6.90. The van der Waals surface area contributed by atoms with Crippen molar-refractivity contribution >= 4 is 72.3 Å². The first kappa shape index (κ1) is 18.7. The third-order valence-electron chi connectivity index (χ3n) is 5.61. The first-order valence-electron chi connectivity index (χ1n) is 10.4. The number of nitrogens with one attached hydrogen (secondary N) is 2. The molecule has 0 aliphatic heterocycles. The summed E-state index contributed by atoms with van der Waals surface area (Å²) in [6.45, 7) is 0. The molecule has 0 spiro atoms. The van der Waals surface area contributed by atoms with Crippen molar-refractivity contribution in [2.24, 2.45) is 0 Å². The van der Waals surface area contributed by atoms with Gasteiger partial charge in [0.05, 0.1) is 22.1 Å². The Hall–Kier alpha value is -4.09. The molecule has 0 fully saturated rings. The number of para-hydroxylation sites is 1. The van der Waals surface area contributed by atoms with Crippen LogP contribution in [0.3, 0.4) is 0 Å². The van der Waals surface area contributed by atoms with Crippen LogP contribution in [0.2, 0.25) is 0 Å². The summed E-state index contributed by atoms with van der Waals surface area (Å²) in [5.41, 5.74) is 5.32. The average Bonchev–Trinajstić information content (AvgIpc) is 2.84.